The molecule has 1 aromatic rings. The van der Waals surface area contributed by atoms with Crippen LogP contribution in [-0.4, -0.2) is 84.9 Å². The van der Waals surface area contributed by atoms with Crippen molar-refractivity contribution >= 4 is 18.1 Å². The monoisotopic (exact) mass is 426 g/mol. The van der Waals surface area contributed by atoms with Crippen LogP contribution in [0.25, 0.3) is 0 Å². The number of hydrogen-bond acceptors (Lipinski definition) is 5. The van der Waals surface area contributed by atoms with Crippen LogP contribution in [0.2, 0.25) is 0 Å². The van der Waals surface area contributed by atoms with Crippen molar-refractivity contribution in [2.45, 2.75) is 38.5 Å². The highest BCUT2D eigenvalue weighted by Crippen LogP contribution is 2.18. The number of amidine groups is 1. The highest BCUT2D eigenvalue weighted by atomic mass is 16.3. The van der Waals surface area contributed by atoms with Gasteiger partial charge in [-0.1, -0.05) is 30.8 Å². The second-order valence-electron chi connectivity index (χ2n) is 8.38. The van der Waals surface area contributed by atoms with E-state index in [-0.39, 0.29) is 24.2 Å². The third-order valence-corrected chi connectivity index (χ3v) is 5.68. The summed E-state index contributed by atoms with van der Waals surface area (Å²) < 4.78 is 0. The first kappa shape index (κ1) is 23.1. The lowest BCUT2D eigenvalue weighted by Crippen LogP contribution is -2.43. The lowest BCUT2D eigenvalue weighted by Gasteiger charge is -2.30. The molecule has 2 atom stereocenters. The zero-order valence-electron chi connectivity index (χ0n) is 18.5. The van der Waals surface area contributed by atoms with E-state index in [0.717, 1.165) is 39.0 Å². The molecule has 31 heavy (non-hydrogen) atoms. The normalized spacial score (nSPS) is 21.1. The molecule has 2 aliphatic heterocycles. The van der Waals surface area contributed by atoms with Crippen LogP contribution in [0.5, 0.6) is 0 Å². The number of aliphatic hydroxyl groups is 1. The first-order chi connectivity index (χ1) is 14.9. The number of benzene rings is 1. The molecule has 0 bridgehead atoms. The highest BCUT2D eigenvalue weighted by Gasteiger charge is 2.19. The van der Waals surface area contributed by atoms with Crippen molar-refractivity contribution in [3.8, 4) is 0 Å². The molecule has 1 aromatic carbocycles. The maximum atomic E-state index is 12.2. The number of carbonyl (C=O) groups is 1. The molecule has 0 saturated carbocycles. The Morgan fingerprint density at radius 1 is 1.35 bits per heavy atom. The Morgan fingerprint density at radius 3 is 2.87 bits per heavy atom. The predicted molar refractivity (Wildman–Crippen MR) is 124 cm³/mol. The number of aliphatic imine (C=N–C) groups is 2. The molecule has 2 aliphatic rings. The predicted octanol–water partition coefficient (Wildman–Crippen LogP) is 0.776. The largest absolute Gasteiger partial charge is 0.390 e. The first-order valence-corrected chi connectivity index (χ1v) is 10.9. The van der Waals surface area contributed by atoms with Crippen molar-refractivity contribution in [3.63, 3.8) is 0 Å². The summed E-state index contributed by atoms with van der Waals surface area (Å²) in [6.07, 6.45) is 2.81. The van der Waals surface area contributed by atoms with Gasteiger partial charge in [0.1, 0.15) is 5.84 Å². The fourth-order valence-corrected chi connectivity index (χ4v) is 3.97. The first-order valence-electron chi connectivity index (χ1n) is 10.9. The number of fused-ring (bicyclic) bond motifs is 1. The molecule has 8 nitrogen and oxygen atoms in total. The minimum Gasteiger partial charge on any atom is -0.390 e. The van der Waals surface area contributed by atoms with E-state index >= 15 is 0 Å². The maximum absolute atomic E-state index is 12.2. The van der Waals surface area contributed by atoms with Crippen LogP contribution < -0.4 is 10.6 Å². The molecule has 3 N–H and O–H groups in total. The van der Waals surface area contributed by atoms with Crippen LogP contribution in [0.1, 0.15) is 24.5 Å². The van der Waals surface area contributed by atoms with Gasteiger partial charge in [-0.2, -0.15) is 0 Å². The summed E-state index contributed by atoms with van der Waals surface area (Å²) in [5.41, 5.74) is 2.86. The van der Waals surface area contributed by atoms with Gasteiger partial charge in [0.15, 0.2) is 0 Å². The lowest BCUT2D eigenvalue weighted by atomic mass is 10.00. The Balaban J connectivity index is 1.35. The number of hydrogen-bond donors (Lipinski definition) is 3. The molecule has 3 rings (SSSR count). The van der Waals surface area contributed by atoms with Gasteiger partial charge in [-0.3, -0.25) is 14.7 Å². The molecule has 2 heterocycles. The second-order valence-corrected chi connectivity index (χ2v) is 8.38. The van der Waals surface area contributed by atoms with Crippen molar-refractivity contribution in [2.24, 2.45) is 9.98 Å². The molecule has 1 fully saturated rings. The van der Waals surface area contributed by atoms with Gasteiger partial charge in [0, 0.05) is 32.7 Å². The minimum atomic E-state index is -0.644. The molecular formula is C23H34N6O2. The second kappa shape index (κ2) is 11.2. The molecule has 0 aromatic heterocycles. The number of likely N-dealkylation sites (N-methyl/N-ethyl adjacent to an activating group) is 1. The number of nitrogens with zero attached hydrogens (tertiary/aromatic N) is 4. The lowest BCUT2D eigenvalue weighted by molar-refractivity contribution is -0.118. The van der Waals surface area contributed by atoms with Crippen LogP contribution >= 0.6 is 0 Å². The van der Waals surface area contributed by atoms with Crippen molar-refractivity contribution in [1.82, 2.24) is 20.4 Å². The minimum absolute atomic E-state index is 0.171. The zero-order valence-corrected chi connectivity index (χ0v) is 18.5. The standard InChI is InChI=1S/C23H34N6O2/c1-17(25-16-26-18(2)27-21-9-10-28(3)14-21)23(31)24-12-22(30)15-29-11-8-19-6-4-5-7-20(19)13-29/h4-7,16,21-22,30H,1,8-15H2,2-3H3,(H,24,31)(H,25,26,27)/t21?,22-/m0/s1. The number of amides is 1. The van der Waals surface area contributed by atoms with Crippen molar-refractivity contribution in [3.05, 3.63) is 47.7 Å². The van der Waals surface area contributed by atoms with E-state index in [2.05, 4.69) is 62.2 Å². The van der Waals surface area contributed by atoms with Crippen molar-refractivity contribution in [1.29, 1.82) is 0 Å². The van der Waals surface area contributed by atoms with Crippen LogP contribution in [0.4, 0.5) is 0 Å². The van der Waals surface area contributed by atoms with E-state index in [4.69, 9.17) is 0 Å². The van der Waals surface area contributed by atoms with Gasteiger partial charge in [-0.15, -0.1) is 0 Å². The fourth-order valence-electron chi connectivity index (χ4n) is 3.97. The quantitative estimate of drug-likeness (QED) is 0.325. The van der Waals surface area contributed by atoms with Gasteiger partial charge in [0.05, 0.1) is 24.2 Å². The maximum Gasteiger partial charge on any atom is 0.267 e. The summed E-state index contributed by atoms with van der Waals surface area (Å²) in [5.74, 6) is 0.307. The number of rotatable bonds is 8. The summed E-state index contributed by atoms with van der Waals surface area (Å²) in [4.78, 5) is 25.4. The fraction of sp³-hybridized carbons (Fsp3) is 0.522. The zero-order chi connectivity index (χ0) is 22.2. The van der Waals surface area contributed by atoms with Crippen LogP contribution in [0.15, 0.2) is 46.5 Å². The Hall–Kier alpha value is -2.55. The number of β-amino-alcohol motifs (C(OH)–C–C–N with tert-alkyl or cyclic N) is 1. The van der Waals surface area contributed by atoms with Gasteiger partial charge < -0.3 is 20.6 Å². The molecule has 0 aliphatic carbocycles. The number of likely N-dealkylation sites (tertiary alicyclic amines) is 1. The molecule has 1 saturated heterocycles. The summed E-state index contributed by atoms with van der Waals surface area (Å²) in [7, 11) is 2.08. The molecule has 1 unspecified atom stereocenters. The summed E-state index contributed by atoms with van der Waals surface area (Å²) in [6.45, 7) is 9.99. The van der Waals surface area contributed by atoms with Gasteiger partial charge in [-0.25, -0.2) is 4.99 Å². The molecule has 8 heteroatoms. The number of nitrogens with one attached hydrogen (secondary N) is 2. The van der Waals surface area contributed by atoms with E-state index in [1.807, 2.05) is 13.0 Å². The van der Waals surface area contributed by atoms with E-state index in [1.54, 1.807) is 0 Å². The molecule has 0 spiro atoms. The van der Waals surface area contributed by atoms with Crippen molar-refractivity contribution in [2.75, 3.05) is 39.8 Å². The topological polar surface area (TPSA) is 92.6 Å². The van der Waals surface area contributed by atoms with E-state index in [1.165, 1.54) is 17.5 Å². The third kappa shape index (κ3) is 7.27. The van der Waals surface area contributed by atoms with Crippen LogP contribution in [0.3, 0.4) is 0 Å². The summed E-state index contributed by atoms with van der Waals surface area (Å²) in [5, 5.41) is 15.8. The molecule has 0 radical (unpaired) electrons. The Bertz CT molecular complexity index is 837. The van der Waals surface area contributed by atoms with Crippen LogP contribution in [-0.2, 0) is 17.8 Å². The Labute approximate surface area is 184 Å². The van der Waals surface area contributed by atoms with Gasteiger partial charge in [-0.05, 0) is 44.5 Å². The Kier molecular flexibility index (Phi) is 8.34. The molecular weight excluding hydrogens is 392 g/mol. The van der Waals surface area contributed by atoms with Gasteiger partial charge in [0.25, 0.3) is 5.91 Å². The molecule has 1 amide bonds. The summed E-state index contributed by atoms with van der Waals surface area (Å²) in [6, 6.07) is 8.68. The summed E-state index contributed by atoms with van der Waals surface area (Å²) >= 11 is 0. The Morgan fingerprint density at radius 2 is 2.13 bits per heavy atom. The van der Waals surface area contributed by atoms with Crippen molar-refractivity contribution < 1.29 is 9.90 Å². The highest BCUT2D eigenvalue weighted by molar-refractivity contribution is 5.96. The van der Waals surface area contributed by atoms with Gasteiger partial charge >= 0.3 is 0 Å². The smallest absolute Gasteiger partial charge is 0.267 e. The SMILES string of the molecule is C=C(NC=NC(C)=NC1CCN(C)C1)C(=O)NC[C@H](O)CN1CCc2ccccc2C1. The van der Waals surface area contributed by atoms with E-state index < -0.39 is 6.10 Å². The van der Waals surface area contributed by atoms with Crippen LogP contribution in [0, 0.1) is 0 Å². The third-order valence-electron chi connectivity index (χ3n) is 5.68. The molecule has 168 valence electrons. The van der Waals surface area contributed by atoms with E-state index in [9.17, 15) is 9.90 Å². The van der Waals surface area contributed by atoms with E-state index in [0.29, 0.717) is 12.4 Å². The number of carbonyl (C=O) groups excluding carboxylic acids is 1. The number of aliphatic hydroxyl groups excluding tert-OH is 1. The average molecular weight is 427 g/mol. The average Bonchev–Trinajstić information content (AvgIpc) is 3.16. The van der Waals surface area contributed by atoms with Gasteiger partial charge in [0.2, 0.25) is 0 Å².